The Morgan fingerprint density at radius 2 is 1.94 bits per heavy atom. The van der Waals surface area contributed by atoms with Crippen molar-refractivity contribution in [3.8, 4) is 11.3 Å². The molecule has 0 bridgehead atoms. The Morgan fingerprint density at radius 3 is 2.62 bits per heavy atom. The lowest BCUT2D eigenvalue weighted by molar-refractivity contribution is -0.180. The summed E-state index contributed by atoms with van der Waals surface area (Å²) in [4.78, 5) is 12.6. The molecule has 11 nitrogen and oxygen atoms in total. The average molecular weight is 450 g/mol. The van der Waals surface area contributed by atoms with Gasteiger partial charge in [0.1, 0.15) is 12.2 Å². The molecule has 1 unspecified atom stereocenters. The molecular weight excluding hydrogens is 418 g/mol. The van der Waals surface area contributed by atoms with Crippen molar-refractivity contribution in [3.63, 3.8) is 0 Å². The van der Waals surface area contributed by atoms with Gasteiger partial charge in [0, 0.05) is 32.0 Å². The fourth-order valence-corrected chi connectivity index (χ4v) is 3.90. The van der Waals surface area contributed by atoms with Gasteiger partial charge in [-0.25, -0.2) is 4.68 Å². The number of nitrogens with two attached hydrogens (primary N) is 1. The van der Waals surface area contributed by atoms with Crippen LogP contribution in [0.4, 0.5) is 5.69 Å². The lowest BCUT2D eigenvalue weighted by Crippen LogP contribution is -2.58. The summed E-state index contributed by atoms with van der Waals surface area (Å²) >= 11 is 0. The van der Waals surface area contributed by atoms with E-state index in [-0.39, 0.29) is 12.3 Å². The third-order valence-corrected chi connectivity index (χ3v) is 5.68. The molecule has 1 heterocycles. The number of nitrogen functional groups attached to an aromatic ring is 1. The molecule has 5 atom stereocenters. The standard InChI is InChI=1S/C21H31N5O6/c1-30-17-11-15(20(31-2)19(28)18(17)27)21(29)23-7-9-32-10-8-26-16(12-24-25-26)13-3-5-14(22)6-4-13/h3-6,12,15,17-20,27-28H,7-11,22H2,1-2H3,(H,23,29)/t15?,17-,18-,19-,20-/m1/s1. The molecule has 3 rings (SSSR count). The summed E-state index contributed by atoms with van der Waals surface area (Å²) in [5.74, 6) is -0.920. The van der Waals surface area contributed by atoms with E-state index in [0.717, 1.165) is 11.3 Å². The molecular formula is C21H31N5O6. The number of methoxy groups -OCH3 is 2. The summed E-state index contributed by atoms with van der Waals surface area (Å²) in [6.07, 6.45) is -1.82. The molecule has 1 aliphatic rings. The molecule has 1 aromatic heterocycles. The minimum absolute atomic E-state index is 0.250. The van der Waals surface area contributed by atoms with E-state index in [2.05, 4.69) is 15.6 Å². The van der Waals surface area contributed by atoms with Gasteiger partial charge >= 0.3 is 0 Å². The number of carbonyl (C=O) groups is 1. The van der Waals surface area contributed by atoms with Gasteiger partial charge in [-0.2, -0.15) is 0 Å². The van der Waals surface area contributed by atoms with Crippen LogP contribution < -0.4 is 11.1 Å². The first kappa shape index (κ1) is 24.1. The monoisotopic (exact) mass is 449 g/mol. The van der Waals surface area contributed by atoms with Gasteiger partial charge in [-0.3, -0.25) is 4.79 Å². The Labute approximate surface area is 186 Å². The average Bonchev–Trinajstić information content (AvgIpc) is 3.26. The van der Waals surface area contributed by atoms with E-state index in [1.165, 1.54) is 14.2 Å². The molecule has 0 saturated heterocycles. The highest BCUT2D eigenvalue weighted by Gasteiger charge is 2.46. The number of rotatable bonds is 10. The smallest absolute Gasteiger partial charge is 0.226 e. The number of hydrogen-bond donors (Lipinski definition) is 4. The van der Waals surface area contributed by atoms with E-state index in [1.807, 2.05) is 24.3 Å². The summed E-state index contributed by atoms with van der Waals surface area (Å²) in [5, 5.41) is 31.1. The summed E-state index contributed by atoms with van der Waals surface area (Å²) in [6.45, 7) is 1.49. The number of nitrogens with one attached hydrogen (secondary N) is 1. The van der Waals surface area contributed by atoms with Gasteiger partial charge in [-0.15, -0.1) is 5.10 Å². The Kier molecular flexibility index (Phi) is 8.53. The summed E-state index contributed by atoms with van der Waals surface area (Å²) < 4.78 is 17.8. The van der Waals surface area contributed by atoms with Crippen LogP contribution in [-0.2, 0) is 25.5 Å². The SMILES string of the molecule is CO[C@@H]1C(C(=O)NCCOCCn2nncc2-c2ccc(N)cc2)C[C@@H](OC)[C@@H](O)[C@H]1O. The Bertz CT molecular complexity index is 861. The van der Waals surface area contributed by atoms with Crippen molar-refractivity contribution in [3.05, 3.63) is 30.5 Å². The van der Waals surface area contributed by atoms with Gasteiger partial charge in [-0.05, 0) is 18.6 Å². The number of aromatic nitrogens is 3. The molecule has 0 aliphatic heterocycles. The minimum atomic E-state index is -1.20. The summed E-state index contributed by atoms with van der Waals surface area (Å²) in [5.41, 5.74) is 8.23. The fourth-order valence-electron chi connectivity index (χ4n) is 3.90. The lowest BCUT2D eigenvalue weighted by atomic mass is 9.80. The van der Waals surface area contributed by atoms with Gasteiger partial charge in [0.15, 0.2) is 0 Å². The first-order valence-electron chi connectivity index (χ1n) is 10.5. The highest BCUT2D eigenvalue weighted by molar-refractivity contribution is 5.79. The maximum absolute atomic E-state index is 12.6. The molecule has 1 fully saturated rings. The van der Waals surface area contributed by atoms with Gasteiger partial charge in [0.25, 0.3) is 0 Å². The number of amides is 1. The zero-order valence-corrected chi connectivity index (χ0v) is 18.3. The number of anilines is 1. The topological polar surface area (TPSA) is 154 Å². The molecule has 32 heavy (non-hydrogen) atoms. The van der Waals surface area contributed by atoms with Gasteiger partial charge in [0.05, 0.1) is 49.8 Å². The van der Waals surface area contributed by atoms with Crippen LogP contribution in [0.1, 0.15) is 6.42 Å². The first-order valence-corrected chi connectivity index (χ1v) is 10.5. The van der Waals surface area contributed by atoms with Crippen molar-refractivity contribution in [2.45, 2.75) is 37.4 Å². The van der Waals surface area contributed by atoms with Crippen LogP contribution in [0.5, 0.6) is 0 Å². The molecule has 176 valence electrons. The van der Waals surface area contributed by atoms with Gasteiger partial charge in [0.2, 0.25) is 5.91 Å². The van der Waals surface area contributed by atoms with Crippen molar-refractivity contribution in [1.29, 1.82) is 0 Å². The zero-order valence-electron chi connectivity index (χ0n) is 18.3. The third kappa shape index (κ3) is 5.61. The number of nitrogens with zero attached hydrogens (tertiary/aromatic N) is 3. The number of aliphatic hydroxyl groups excluding tert-OH is 2. The van der Waals surface area contributed by atoms with E-state index >= 15 is 0 Å². The second kappa shape index (κ2) is 11.3. The van der Waals surface area contributed by atoms with Gasteiger partial charge < -0.3 is 35.5 Å². The van der Waals surface area contributed by atoms with E-state index in [0.29, 0.717) is 32.0 Å². The quantitative estimate of drug-likeness (QED) is 0.276. The first-order chi connectivity index (χ1) is 15.5. The largest absolute Gasteiger partial charge is 0.399 e. The molecule has 1 saturated carbocycles. The van der Waals surface area contributed by atoms with Crippen LogP contribution in [-0.4, -0.2) is 89.5 Å². The van der Waals surface area contributed by atoms with Crippen molar-refractivity contribution < 1.29 is 29.2 Å². The minimum Gasteiger partial charge on any atom is -0.399 e. The van der Waals surface area contributed by atoms with Crippen LogP contribution in [0, 0.1) is 5.92 Å². The number of ether oxygens (including phenoxy) is 3. The maximum atomic E-state index is 12.6. The predicted octanol–water partition coefficient (Wildman–Crippen LogP) is -0.568. The van der Waals surface area contributed by atoms with Crippen LogP contribution in [0.15, 0.2) is 30.5 Å². The Hall–Kier alpha value is -2.57. The Balaban J connectivity index is 1.42. The Morgan fingerprint density at radius 1 is 1.19 bits per heavy atom. The number of aliphatic hydroxyl groups is 2. The van der Waals surface area contributed by atoms with Crippen molar-refractivity contribution in [1.82, 2.24) is 20.3 Å². The molecule has 5 N–H and O–H groups in total. The highest BCUT2D eigenvalue weighted by atomic mass is 16.5. The second-order valence-corrected chi connectivity index (χ2v) is 7.67. The molecule has 1 amide bonds. The van der Waals surface area contributed by atoms with Crippen LogP contribution in [0.3, 0.4) is 0 Å². The summed E-state index contributed by atoms with van der Waals surface area (Å²) in [6, 6.07) is 7.45. The number of hydrogen-bond acceptors (Lipinski definition) is 9. The summed E-state index contributed by atoms with van der Waals surface area (Å²) in [7, 11) is 2.84. The molecule has 2 aromatic rings. The lowest BCUT2D eigenvalue weighted by Gasteiger charge is -2.40. The highest BCUT2D eigenvalue weighted by Crippen LogP contribution is 2.29. The van der Waals surface area contributed by atoms with Crippen LogP contribution in [0.25, 0.3) is 11.3 Å². The molecule has 1 aromatic carbocycles. The van der Waals surface area contributed by atoms with Crippen molar-refractivity contribution in [2.75, 3.05) is 39.7 Å². The normalized spacial score (nSPS) is 25.6. The van der Waals surface area contributed by atoms with E-state index < -0.39 is 30.3 Å². The molecule has 11 heteroatoms. The molecule has 1 aliphatic carbocycles. The van der Waals surface area contributed by atoms with Crippen molar-refractivity contribution >= 4 is 11.6 Å². The van der Waals surface area contributed by atoms with E-state index in [9.17, 15) is 15.0 Å². The van der Waals surface area contributed by atoms with E-state index in [4.69, 9.17) is 19.9 Å². The number of benzene rings is 1. The molecule has 0 radical (unpaired) electrons. The van der Waals surface area contributed by atoms with Crippen molar-refractivity contribution in [2.24, 2.45) is 5.92 Å². The molecule has 0 spiro atoms. The van der Waals surface area contributed by atoms with Crippen LogP contribution in [0.2, 0.25) is 0 Å². The van der Waals surface area contributed by atoms with Crippen LogP contribution >= 0.6 is 0 Å². The fraction of sp³-hybridized carbons (Fsp3) is 0.571. The van der Waals surface area contributed by atoms with E-state index in [1.54, 1.807) is 10.9 Å². The van der Waals surface area contributed by atoms with Gasteiger partial charge in [-0.1, -0.05) is 17.3 Å². The predicted molar refractivity (Wildman–Crippen MR) is 115 cm³/mol. The third-order valence-electron chi connectivity index (χ3n) is 5.68. The maximum Gasteiger partial charge on any atom is 0.226 e. The second-order valence-electron chi connectivity index (χ2n) is 7.67. The zero-order chi connectivity index (χ0) is 23.1. The number of carbonyl (C=O) groups excluding carboxylic acids is 1.